The van der Waals surface area contributed by atoms with Crippen molar-refractivity contribution in [1.82, 2.24) is 5.32 Å². The molecule has 3 N–H and O–H groups in total. The Labute approximate surface area is 96.1 Å². The molecule has 0 fully saturated rings. The third-order valence-corrected chi connectivity index (χ3v) is 2.55. The monoisotopic (exact) mass is 219 g/mol. The number of aromatic hydroxyl groups is 2. The van der Waals surface area contributed by atoms with E-state index in [1.165, 1.54) is 0 Å². The average molecular weight is 219 g/mol. The van der Waals surface area contributed by atoms with E-state index in [1.54, 1.807) is 18.2 Å². The molecule has 0 saturated heterocycles. The van der Waals surface area contributed by atoms with Gasteiger partial charge in [-0.3, -0.25) is 5.32 Å². The van der Waals surface area contributed by atoms with Crippen LogP contribution in [0.2, 0.25) is 0 Å². The van der Waals surface area contributed by atoms with Crippen LogP contribution in [-0.2, 0) is 0 Å². The molecule has 0 radical (unpaired) electrons. The lowest BCUT2D eigenvalue weighted by atomic mass is 10.0. The van der Waals surface area contributed by atoms with Gasteiger partial charge < -0.3 is 10.2 Å². The molecule has 0 aromatic heterocycles. The van der Waals surface area contributed by atoms with Gasteiger partial charge in [-0.15, -0.1) is 6.42 Å². The predicted octanol–water partition coefficient (Wildman–Crippen LogP) is 2.16. The lowest BCUT2D eigenvalue weighted by Gasteiger charge is -2.20. The fraction of sp³-hybridized carbons (Fsp3) is 0.385. The van der Waals surface area contributed by atoms with Crippen molar-refractivity contribution in [2.45, 2.75) is 32.4 Å². The first-order valence-electron chi connectivity index (χ1n) is 5.33. The largest absolute Gasteiger partial charge is 0.507 e. The van der Waals surface area contributed by atoms with Crippen LogP contribution < -0.4 is 5.32 Å². The summed E-state index contributed by atoms with van der Waals surface area (Å²) in [7, 11) is 0. The van der Waals surface area contributed by atoms with E-state index in [-0.39, 0.29) is 23.6 Å². The molecule has 1 aromatic carbocycles. The SMILES string of the molecule is C#CC(CC)NC(C)c1c(O)cccc1O. The normalized spacial score (nSPS) is 14.1. The van der Waals surface area contributed by atoms with E-state index in [0.717, 1.165) is 6.42 Å². The summed E-state index contributed by atoms with van der Waals surface area (Å²) in [5.41, 5.74) is 0.483. The summed E-state index contributed by atoms with van der Waals surface area (Å²) in [6.45, 7) is 3.84. The molecule has 0 aliphatic carbocycles. The van der Waals surface area contributed by atoms with E-state index in [9.17, 15) is 10.2 Å². The van der Waals surface area contributed by atoms with E-state index >= 15 is 0 Å². The van der Waals surface area contributed by atoms with Gasteiger partial charge in [-0.1, -0.05) is 18.9 Å². The number of hydrogen-bond donors (Lipinski definition) is 3. The van der Waals surface area contributed by atoms with Crippen molar-refractivity contribution < 1.29 is 10.2 Å². The van der Waals surface area contributed by atoms with Gasteiger partial charge in [-0.25, -0.2) is 0 Å². The third kappa shape index (κ3) is 2.68. The smallest absolute Gasteiger partial charge is 0.124 e. The quantitative estimate of drug-likeness (QED) is 0.680. The summed E-state index contributed by atoms with van der Waals surface area (Å²) >= 11 is 0. The molecular weight excluding hydrogens is 202 g/mol. The molecule has 0 amide bonds. The number of rotatable bonds is 4. The van der Waals surface area contributed by atoms with Crippen LogP contribution in [0.3, 0.4) is 0 Å². The molecule has 2 unspecified atom stereocenters. The minimum atomic E-state index is -0.192. The van der Waals surface area contributed by atoms with Gasteiger partial charge in [0.2, 0.25) is 0 Å². The number of phenols is 2. The second-order valence-electron chi connectivity index (χ2n) is 3.73. The zero-order chi connectivity index (χ0) is 12.1. The van der Waals surface area contributed by atoms with Gasteiger partial charge >= 0.3 is 0 Å². The van der Waals surface area contributed by atoms with Gasteiger partial charge in [-0.05, 0) is 25.5 Å². The Morgan fingerprint density at radius 1 is 1.38 bits per heavy atom. The van der Waals surface area contributed by atoms with Crippen LogP contribution >= 0.6 is 0 Å². The van der Waals surface area contributed by atoms with E-state index in [1.807, 2.05) is 13.8 Å². The lowest BCUT2D eigenvalue weighted by Crippen LogP contribution is -2.29. The van der Waals surface area contributed by atoms with Crippen LogP contribution in [0, 0.1) is 12.3 Å². The zero-order valence-corrected chi connectivity index (χ0v) is 9.57. The topological polar surface area (TPSA) is 52.5 Å². The van der Waals surface area contributed by atoms with Crippen LogP contribution in [0.4, 0.5) is 0 Å². The molecule has 86 valence electrons. The number of hydrogen-bond acceptors (Lipinski definition) is 3. The Balaban J connectivity index is 2.89. The van der Waals surface area contributed by atoms with Crippen molar-refractivity contribution in [3.63, 3.8) is 0 Å². The summed E-state index contributed by atoms with van der Waals surface area (Å²) in [6.07, 6.45) is 6.15. The molecule has 0 spiro atoms. The highest BCUT2D eigenvalue weighted by Crippen LogP contribution is 2.32. The molecule has 0 heterocycles. The highest BCUT2D eigenvalue weighted by Gasteiger charge is 2.16. The molecule has 0 aliphatic rings. The predicted molar refractivity (Wildman–Crippen MR) is 64.2 cm³/mol. The summed E-state index contributed by atoms with van der Waals surface area (Å²) in [5, 5.41) is 22.5. The maximum absolute atomic E-state index is 9.67. The Morgan fingerprint density at radius 3 is 2.38 bits per heavy atom. The van der Waals surface area contributed by atoms with Gasteiger partial charge in [0.1, 0.15) is 11.5 Å². The third-order valence-electron chi connectivity index (χ3n) is 2.55. The van der Waals surface area contributed by atoms with Crippen molar-refractivity contribution in [3.8, 4) is 23.8 Å². The second kappa shape index (κ2) is 5.43. The summed E-state index contributed by atoms with van der Waals surface area (Å²) in [4.78, 5) is 0. The van der Waals surface area contributed by atoms with E-state index in [0.29, 0.717) is 5.56 Å². The molecule has 3 nitrogen and oxygen atoms in total. The Kier molecular flexibility index (Phi) is 4.21. The Hall–Kier alpha value is -1.66. The highest BCUT2D eigenvalue weighted by atomic mass is 16.3. The number of benzene rings is 1. The molecule has 16 heavy (non-hydrogen) atoms. The molecule has 1 aromatic rings. The first-order chi connectivity index (χ1) is 7.60. The summed E-state index contributed by atoms with van der Waals surface area (Å²) in [6, 6.07) is 4.43. The van der Waals surface area contributed by atoms with Crippen LogP contribution in [-0.4, -0.2) is 16.3 Å². The maximum atomic E-state index is 9.67. The Morgan fingerprint density at radius 2 is 1.94 bits per heavy atom. The molecule has 3 heteroatoms. The fourth-order valence-electron chi connectivity index (χ4n) is 1.65. The van der Waals surface area contributed by atoms with Gasteiger partial charge in [0.05, 0.1) is 11.6 Å². The van der Waals surface area contributed by atoms with E-state index in [4.69, 9.17) is 6.42 Å². The van der Waals surface area contributed by atoms with Crippen molar-refractivity contribution in [2.75, 3.05) is 0 Å². The zero-order valence-electron chi connectivity index (χ0n) is 9.57. The second-order valence-corrected chi connectivity index (χ2v) is 3.73. The maximum Gasteiger partial charge on any atom is 0.124 e. The van der Waals surface area contributed by atoms with Gasteiger partial charge in [0.25, 0.3) is 0 Å². The molecule has 0 saturated carbocycles. The standard InChI is InChI=1S/C13H17NO2/c1-4-10(5-2)14-9(3)13-11(15)7-6-8-12(13)16/h1,6-10,14-16H,5H2,2-3H3. The Bertz CT molecular complexity index is 375. The van der Waals surface area contributed by atoms with Crippen molar-refractivity contribution in [2.24, 2.45) is 0 Å². The van der Waals surface area contributed by atoms with Crippen LogP contribution in [0.1, 0.15) is 31.9 Å². The van der Waals surface area contributed by atoms with Crippen molar-refractivity contribution >= 4 is 0 Å². The number of nitrogens with one attached hydrogen (secondary N) is 1. The van der Waals surface area contributed by atoms with E-state index < -0.39 is 0 Å². The lowest BCUT2D eigenvalue weighted by molar-refractivity contribution is 0.411. The first kappa shape index (κ1) is 12.4. The summed E-state index contributed by atoms with van der Waals surface area (Å²) in [5.74, 6) is 2.77. The summed E-state index contributed by atoms with van der Waals surface area (Å²) < 4.78 is 0. The molecular formula is C13H17NO2. The molecule has 1 rings (SSSR count). The van der Waals surface area contributed by atoms with E-state index in [2.05, 4.69) is 11.2 Å². The molecule has 0 bridgehead atoms. The van der Waals surface area contributed by atoms with Gasteiger partial charge in [-0.2, -0.15) is 0 Å². The molecule has 2 atom stereocenters. The van der Waals surface area contributed by atoms with Gasteiger partial charge in [0, 0.05) is 6.04 Å². The number of phenolic OH excluding ortho intramolecular Hbond substituents is 2. The van der Waals surface area contributed by atoms with Crippen molar-refractivity contribution in [1.29, 1.82) is 0 Å². The first-order valence-corrected chi connectivity index (χ1v) is 5.33. The fourth-order valence-corrected chi connectivity index (χ4v) is 1.65. The minimum Gasteiger partial charge on any atom is -0.507 e. The minimum absolute atomic E-state index is 0.0611. The van der Waals surface area contributed by atoms with Gasteiger partial charge in [0.15, 0.2) is 0 Å². The highest BCUT2D eigenvalue weighted by molar-refractivity contribution is 5.45. The van der Waals surface area contributed by atoms with Crippen LogP contribution in [0.25, 0.3) is 0 Å². The average Bonchev–Trinajstić information content (AvgIpc) is 2.25. The molecule has 0 aliphatic heterocycles. The van der Waals surface area contributed by atoms with Crippen LogP contribution in [0.15, 0.2) is 18.2 Å². The van der Waals surface area contributed by atoms with Crippen LogP contribution in [0.5, 0.6) is 11.5 Å². The van der Waals surface area contributed by atoms with Crippen molar-refractivity contribution in [3.05, 3.63) is 23.8 Å². The number of terminal acetylenes is 1.